The highest BCUT2D eigenvalue weighted by Gasteiger charge is 2.28. The van der Waals surface area contributed by atoms with Crippen LogP contribution in [0.1, 0.15) is 19.8 Å². The average molecular weight is 288 g/mol. The lowest BCUT2D eigenvalue weighted by Gasteiger charge is -2.20. The number of hydrogen-bond acceptors (Lipinski definition) is 1. The summed E-state index contributed by atoms with van der Waals surface area (Å²) in [5, 5.41) is 3.77. The van der Waals surface area contributed by atoms with E-state index in [2.05, 4.69) is 5.32 Å². The van der Waals surface area contributed by atoms with Gasteiger partial charge < -0.3 is 10.2 Å². The molecule has 0 aromatic heterocycles. The molecule has 1 aliphatic heterocycles. The first-order valence-corrected chi connectivity index (χ1v) is 6.94. The quantitative estimate of drug-likeness (QED) is 0.876. The topological polar surface area (TPSA) is 33.5 Å². The zero-order valence-electron chi connectivity index (χ0n) is 10.3. The molecule has 0 unspecified atom stereocenters. The molecule has 1 aromatic carbocycles. The number of hydrogen-bond donors (Lipinski definition) is 2. The molecule has 0 radical (unpaired) electrons. The van der Waals surface area contributed by atoms with Crippen LogP contribution in [0, 0.1) is 0 Å². The number of halogens is 2. The minimum Gasteiger partial charge on any atom is -0.325 e. The molecule has 0 aliphatic carbocycles. The zero-order chi connectivity index (χ0) is 13.1. The molecule has 18 heavy (non-hydrogen) atoms. The van der Waals surface area contributed by atoms with Gasteiger partial charge in [-0.05, 0) is 19.1 Å². The minimum atomic E-state index is -0.0696. The van der Waals surface area contributed by atoms with Crippen molar-refractivity contribution in [3.63, 3.8) is 0 Å². The van der Waals surface area contributed by atoms with Gasteiger partial charge in [0, 0.05) is 12.8 Å². The van der Waals surface area contributed by atoms with Crippen LogP contribution in [0.5, 0.6) is 0 Å². The van der Waals surface area contributed by atoms with E-state index in [1.54, 1.807) is 18.2 Å². The molecule has 0 bridgehead atoms. The van der Waals surface area contributed by atoms with Crippen molar-refractivity contribution in [1.29, 1.82) is 0 Å². The van der Waals surface area contributed by atoms with Crippen molar-refractivity contribution in [3.8, 4) is 0 Å². The summed E-state index contributed by atoms with van der Waals surface area (Å²) in [6, 6.07) is 5.13. The lowest BCUT2D eigenvalue weighted by molar-refractivity contribution is -0.901. The molecule has 1 aromatic rings. The fourth-order valence-corrected chi connectivity index (χ4v) is 2.79. The Labute approximate surface area is 117 Å². The van der Waals surface area contributed by atoms with Gasteiger partial charge in [0.1, 0.15) is 0 Å². The Morgan fingerprint density at radius 3 is 2.39 bits per heavy atom. The van der Waals surface area contributed by atoms with Gasteiger partial charge in [-0.15, -0.1) is 0 Å². The predicted octanol–water partition coefficient (Wildman–Crippen LogP) is 2.00. The van der Waals surface area contributed by atoms with Gasteiger partial charge >= 0.3 is 0 Å². The number of para-hydroxylation sites is 1. The van der Waals surface area contributed by atoms with Gasteiger partial charge in [0.25, 0.3) is 5.91 Å². The molecule has 1 amide bonds. The summed E-state index contributed by atoms with van der Waals surface area (Å²) < 4.78 is 0. The van der Waals surface area contributed by atoms with Gasteiger partial charge in [-0.1, -0.05) is 29.3 Å². The van der Waals surface area contributed by atoms with Crippen LogP contribution in [0.25, 0.3) is 0 Å². The number of benzene rings is 1. The Bertz CT molecular complexity index is 424. The maximum atomic E-state index is 12.2. The zero-order valence-corrected chi connectivity index (χ0v) is 11.8. The van der Waals surface area contributed by atoms with Crippen LogP contribution in [0.4, 0.5) is 5.69 Å². The first kappa shape index (κ1) is 13.7. The van der Waals surface area contributed by atoms with E-state index in [-0.39, 0.29) is 11.9 Å². The summed E-state index contributed by atoms with van der Waals surface area (Å²) in [6.45, 7) is 4.07. The lowest BCUT2D eigenvalue weighted by Crippen LogP contribution is -3.14. The summed E-state index contributed by atoms with van der Waals surface area (Å²) in [4.78, 5) is 13.5. The molecular formula is C13H17Cl2N2O+. The fourth-order valence-electron chi connectivity index (χ4n) is 2.30. The van der Waals surface area contributed by atoms with E-state index in [0.29, 0.717) is 15.7 Å². The van der Waals surface area contributed by atoms with Crippen LogP contribution in [0.15, 0.2) is 18.2 Å². The second-order valence-electron chi connectivity index (χ2n) is 4.67. The van der Waals surface area contributed by atoms with Crippen molar-refractivity contribution in [3.05, 3.63) is 28.2 Å². The Kier molecular flexibility index (Phi) is 4.49. The highest BCUT2D eigenvalue weighted by molar-refractivity contribution is 6.39. The highest BCUT2D eigenvalue weighted by Crippen LogP contribution is 2.29. The largest absolute Gasteiger partial charge is 0.325 e. The van der Waals surface area contributed by atoms with Crippen molar-refractivity contribution in [2.45, 2.75) is 25.8 Å². The number of quaternary nitrogens is 1. The van der Waals surface area contributed by atoms with Crippen molar-refractivity contribution < 1.29 is 9.69 Å². The van der Waals surface area contributed by atoms with Crippen LogP contribution >= 0.6 is 23.2 Å². The standard InChI is InChI=1S/C13H16Cl2N2O/c1-9(17-7-2-3-8-17)13(18)16-12-10(14)5-4-6-11(12)15/h4-6,9H,2-3,7-8H2,1H3,(H,16,18)/p+1/t9-/m0/s1. The number of carbonyl (C=O) groups is 1. The third-order valence-corrected chi connectivity index (χ3v) is 4.09. The van der Waals surface area contributed by atoms with Crippen molar-refractivity contribution in [2.75, 3.05) is 18.4 Å². The third kappa shape index (κ3) is 2.97. The normalized spacial score (nSPS) is 17.7. The smallest absolute Gasteiger partial charge is 0.282 e. The van der Waals surface area contributed by atoms with Crippen molar-refractivity contribution in [1.82, 2.24) is 0 Å². The number of anilines is 1. The first-order chi connectivity index (χ1) is 8.59. The van der Waals surface area contributed by atoms with Crippen LogP contribution in [-0.2, 0) is 4.79 Å². The molecule has 1 fully saturated rings. The summed E-state index contributed by atoms with van der Waals surface area (Å²) in [7, 11) is 0. The van der Waals surface area contributed by atoms with E-state index < -0.39 is 0 Å². The second kappa shape index (κ2) is 5.91. The number of carbonyl (C=O) groups excluding carboxylic acids is 1. The summed E-state index contributed by atoms with van der Waals surface area (Å²) in [5.41, 5.74) is 0.510. The molecule has 5 heteroatoms. The summed E-state index contributed by atoms with van der Waals surface area (Å²) >= 11 is 12.1. The van der Waals surface area contributed by atoms with E-state index in [1.165, 1.54) is 17.7 Å². The number of rotatable bonds is 3. The molecular weight excluding hydrogens is 271 g/mol. The van der Waals surface area contributed by atoms with Crippen molar-refractivity contribution >= 4 is 34.8 Å². The van der Waals surface area contributed by atoms with E-state index >= 15 is 0 Å². The summed E-state index contributed by atoms with van der Waals surface area (Å²) in [6.07, 6.45) is 2.39. The van der Waals surface area contributed by atoms with E-state index in [0.717, 1.165) is 13.1 Å². The molecule has 3 nitrogen and oxygen atoms in total. The fraction of sp³-hybridized carbons (Fsp3) is 0.462. The van der Waals surface area contributed by atoms with Crippen molar-refractivity contribution in [2.24, 2.45) is 0 Å². The number of nitrogens with one attached hydrogen (secondary N) is 2. The van der Waals surface area contributed by atoms with Crippen LogP contribution in [0.3, 0.4) is 0 Å². The van der Waals surface area contributed by atoms with Gasteiger partial charge in [0.15, 0.2) is 6.04 Å². The predicted molar refractivity (Wildman–Crippen MR) is 74.5 cm³/mol. The van der Waals surface area contributed by atoms with Gasteiger partial charge in [0.2, 0.25) is 0 Å². The highest BCUT2D eigenvalue weighted by atomic mass is 35.5. The SMILES string of the molecule is C[C@@H](C(=O)Nc1c(Cl)cccc1Cl)[NH+]1CCCC1. The molecule has 1 saturated heterocycles. The molecule has 2 N–H and O–H groups in total. The molecule has 0 spiro atoms. The third-order valence-electron chi connectivity index (χ3n) is 3.46. The van der Waals surface area contributed by atoms with Crippen LogP contribution in [0.2, 0.25) is 10.0 Å². The molecule has 2 rings (SSSR count). The molecule has 98 valence electrons. The monoisotopic (exact) mass is 287 g/mol. The Hall–Kier alpha value is -0.770. The molecule has 1 atom stereocenters. The van der Waals surface area contributed by atoms with E-state index in [1.807, 2.05) is 6.92 Å². The Morgan fingerprint density at radius 1 is 1.28 bits per heavy atom. The molecule has 1 heterocycles. The Morgan fingerprint density at radius 2 is 1.83 bits per heavy atom. The van der Waals surface area contributed by atoms with Gasteiger partial charge in [-0.2, -0.15) is 0 Å². The number of amides is 1. The maximum Gasteiger partial charge on any atom is 0.282 e. The summed E-state index contributed by atoms with van der Waals surface area (Å²) in [5.74, 6) is -0.0260. The molecule has 1 aliphatic rings. The van der Waals surface area contributed by atoms with Gasteiger partial charge in [-0.3, -0.25) is 4.79 Å². The van der Waals surface area contributed by atoms with E-state index in [4.69, 9.17) is 23.2 Å². The van der Waals surface area contributed by atoms with E-state index in [9.17, 15) is 4.79 Å². The molecule has 0 saturated carbocycles. The van der Waals surface area contributed by atoms with Gasteiger partial charge in [-0.25, -0.2) is 0 Å². The van der Waals surface area contributed by atoms with Crippen LogP contribution < -0.4 is 10.2 Å². The Balaban J connectivity index is 2.06. The van der Waals surface area contributed by atoms with Gasteiger partial charge in [0.05, 0.1) is 28.8 Å². The first-order valence-electron chi connectivity index (χ1n) is 6.19. The second-order valence-corrected chi connectivity index (χ2v) is 5.49. The average Bonchev–Trinajstić information content (AvgIpc) is 2.86. The van der Waals surface area contributed by atoms with Crippen LogP contribution in [-0.4, -0.2) is 25.0 Å². The lowest BCUT2D eigenvalue weighted by atomic mass is 10.2. The maximum absolute atomic E-state index is 12.2. The number of likely N-dealkylation sites (tertiary alicyclic amines) is 1. The minimum absolute atomic E-state index is 0.0260.